The van der Waals surface area contributed by atoms with E-state index in [2.05, 4.69) is 66.1 Å². The van der Waals surface area contributed by atoms with Crippen LogP contribution in [0.4, 0.5) is 5.69 Å². The van der Waals surface area contributed by atoms with Gasteiger partial charge in [0.25, 0.3) is 0 Å². The molecule has 0 aliphatic heterocycles. The average Bonchev–Trinajstić information content (AvgIpc) is 2.56. The summed E-state index contributed by atoms with van der Waals surface area (Å²) in [5.74, 6) is 0. The Morgan fingerprint density at radius 3 is 1.88 bits per heavy atom. The Morgan fingerprint density at radius 1 is 0.720 bits per heavy atom. The first-order valence-corrected chi connectivity index (χ1v) is 8.54. The topological polar surface area (TPSA) is 32.5 Å². The van der Waals surface area contributed by atoms with Crippen molar-refractivity contribution in [2.75, 3.05) is 31.9 Å². The molecule has 3 nitrogen and oxygen atoms in total. The molecule has 0 atom stereocenters. The first-order valence-electron chi connectivity index (χ1n) is 8.54. The number of benzene rings is 2. The van der Waals surface area contributed by atoms with Crippen molar-refractivity contribution in [3.05, 3.63) is 65.7 Å². The van der Waals surface area contributed by atoms with E-state index >= 15 is 0 Å². The highest BCUT2D eigenvalue weighted by Crippen LogP contribution is 2.12. The molecule has 2 rings (SSSR count). The summed E-state index contributed by atoms with van der Waals surface area (Å²) >= 11 is 0. The number of halogens is 2. The van der Waals surface area contributed by atoms with Gasteiger partial charge in [0.05, 0.1) is 0 Å². The SMILES string of the molecule is CCN(CC)CCN(Cc1ccccc1)Cc1cccc(N)c1.Cl.Cl. The van der Waals surface area contributed by atoms with Gasteiger partial charge in [0.15, 0.2) is 0 Å². The van der Waals surface area contributed by atoms with Crippen molar-refractivity contribution in [2.45, 2.75) is 26.9 Å². The van der Waals surface area contributed by atoms with E-state index < -0.39 is 0 Å². The molecule has 2 aromatic carbocycles. The molecule has 0 bridgehead atoms. The van der Waals surface area contributed by atoms with Crippen LogP contribution in [0, 0.1) is 0 Å². The van der Waals surface area contributed by atoms with Gasteiger partial charge in [-0.2, -0.15) is 0 Å². The van der Waals surface area contributed by atoms with Crippen LogP contribution in [0.1, 0.15) is 25.0 Å². The molecule has 0 fully saturated rings. The Hall–Kier alpha value is -1.26. The molecule has 0 radical (unpaired) electrons. The molecule has 0 spiro atoms. The van der Waals surface area contributed by atoms with Crippen molar-refractivity contribution in [1.29, 1.82) is 0 Å². The third-order valence-corrected chi connectivity index (χ3v) is 4.23. The van der Waals surface area contributed by atoms with E-state index in [1.165, 1.54) is 11.1 Å². The molecule has 0 aliphatic rings. The maximum absolute atomic E-state index is 5.93. The summed E-state index contributed by atoms with van der Waals surface area (Å²) in [6.07, 6.45) is 0. The second-order valence-corrected chi connectivity index (χ2v) is 5.97. The van der Waals surface area contributed by atoms with Crippen LogP contribution in [0.15, 0.2) is 54.6 Å². The fourth-order valence-electron chi connectivity index (χ4n) is 2.83. The number of hydrogen-bond donors (Lipinski definition) is 1. The van der Waals surface area contributed by atoms with E-state index in [0.717, 1.165) is 45.0 Å². The smallest absolute Gasteiger partial charge is 0.0317 e. The van der Waals surface area contributed by atoms with Gasteiger partial charge in [0.2, 0.25) is 0 Å². The van der Waals surface area contributed by atoms with Crippen LogP contribution >= 0.6 is 24.8 Å². The summed E-state index contributed by atoms with van der Waals surface area (Å²) in [5.41, 5.74) is 9.40. The fourth-order valence-corrected chi connectivity index (χ4v) is 2.83. The third kappa shape index (κ3) is 8.59. The summed E-state index contributed by atoms with van der Waals surface area (Å²) in [5, 5.41) is 0. The van der Waals surface area contributed by atoms with Crippen molar-refractivity contribution >= 4 is 30.5 Å². The Balaban J connectivity index is 0.00000288. The maximum atomic E-state index is 5.93. The van der Waals surface area contributed by atoms with Crippen molar-refractivity contribution in [1.82, 2.24) is 9.80 Å². The molecular formula is C20H31Cl2N3. The molecule has 0 aromatic heterocycles. The lowest BCUT2D eigenvalue weighted by molar-refractivity contribution is 0.202. The summed E-state index contributed by atoms with van der Waals surface area (Å²) < 4.78 is 0. The predicted octanol–water partition coefficient (Wildman–Crippen LogP) is 4.46. The lowest BCUT2D eigenvalue weighted by atomic mass is 10.1. The molecule has 2 N–H and O–H groups in total. The minimum atomic E-state index is 0. The first kappa shape index (κ1) is 23.7. The normalized spacial score (nSPS) is 10.4. The number of nitrogens with two attached hydrogens (primary N) is 1. The lowest BCUT2D eigenvalue weighted by Gasteiger charge is -2.26. The number of nitrogens with zero attached hydrogens (tertiary/aromatic N) is 2. The minimum Gasteiger partial charge on any atom is -0.399 e. The number of anilines is 1. The van der Waals surface area contributed by atoms with Crippen molar-refractivity contribution in [3.63, 3.8) is 0 Å². The zero-order valence-corrected chi connectivity index (χ0v) is 16.9. The van der Waals surface area contributed by atoms with E-state index in [9.17, 15) is 0 Å². The second kappa shape index (κ2) is 13.0. The average molecular weight is 384 g/mol. The lowest BCUT2D eigenvalue weighted by Crippen LogP contribution is -2.34. The fraction of sp³-hybridized carbons (Fsp3) is 0.400. The van der Waals surface area contributed by atoms with Gasteiger partial charge in [-0.1, -0.05) is 56.3 Å². The van der Waals surface area contributed by atoms with Gasteiger partial charge in [-0.15, -0.1) is 24.8 Å². The van der Waals surface area contributed by atoms with Crippen molar-refractivity contribution in [3.8, 4) is 0 Å². The number of nitrogen functional groups attached to an aromatic ring is 1. The van der Waals surface area contributed by atoms with Crippen molar-refractivity contribution < 1.29 is 0 Å². The summed E-state index contributed by atoms with van der Waals surface area (Å²) in [7, 11) is 0. The van der Waals surface area contributed by atoms with Gasteiger partial charge in [-0.05, 0) is 36.3 Å². The number of rotatable bonds is 9. The number of likely N-dealkylation sites (N-methyl/N-ethyl adjacent to an activating group) is 1. The molecule has 2 aromatic rings. The molecule has 0 saturated carbocycles. The zero-order valence-electron chi connectivity index (χ0n) is 15.2. The minimum absolute atomic E-state index is 0. The van der Waals surface area contributed by atoms with Crippen LogP contribution in [-0.2, 0) is 13.1 Å². The number of hydrogen-bond acceptors (Lipinski definition) is 3. The van der Waals surface area contributed by atoms with Crippen LogP contribution in [0.5, 0.6) is 0 Å². The molecule has 5 heteroatoms. The van der Waals surface area contributed by atoms with Gasteiger partial charge in [0.1, 0.15) is 0 Å². The molecule has 0 saturated heterocycles. The molecule has 25 heavy (non-hydrogen) atoms. The van der Waals surface area contributed by atoms with Crippen LogP contribution in [0.25, 0.3) is 0 Å². The standard InChI is InChI=1S/C20H29N3.2ClH/c1-3-22(4-2)13-14-23(16-18-9-6-5-7-10-18)17-19-11-8-12-20(21)15-19;;/h5-12,15H,3-4,13-14,16-17,21H2,1-2H3;2*1H. The Morgan fingerprint density at radius 2 is 1.28 bits per heavy atom. The Labute approximate surface area is 165 Å². The van der Waals surface area contributed by atoms with E-state index in [4.69, 9.17) is 5.73 Å². The van der Waals surface area contributed by atoms with E-state index in [0.29, 0.717) is 0 Å². The molecule has 0 amide bonds. The van der Waals surface area contributed by atoms with E-state index in [-0.39, 0.29) is 24.8 Å². The monoisotopic (exact) mass is 383 g/mol. The highest BCUT2D eigenvalue weighted by molar-refractivity contribution is 5.85. The van der Waals surface area contributed by atoms with Crippen LogP contribution in [0.3, 0.4) is 0 Å². The van der Waals surface area contributed by atoms with Gasteiger partial charge in [0, 0.05) is 31.9 Å². The quantitative estimate of drug-likeness (QED) is 0.648. The maximum Gasteiger partial charge on any atom is 0.0317 e. The molecule has 140 valence electrons. The van der Waals surface area contributed by atoms with Crippen LogP contribution in [-0.4, -0.2) is 36.0 Å². The molecule has 0 heterocycles. The van der Waals surface area contributed by atoms with E-state index in [1.54, 1.807) is 0 Å². The zero-order chi connectivity index (χ0) is 16.5. The molecular weight excluding hydrogens is 353 g/mol. The molecule has 0 unspecified atom stereocenters. The van der Waals surface area contributed by atoms with Crippen LogP contribution < -0.4 is 5.73 Å². The highest BCUT2D eigenvalue weighted by Gasteiger charge is 2.09. The molecule has 0 aliphatic carbocycles. The first-order chi connectivity index (χ1) is 11.2. The summed E-state index contributed by atoms with van der Waals surface area (Å²) in [6.45, 7) is 10.7. The third-order valence-electron chi connectivity index (χ3n) is 4.23. The second-order valence-electron chi connectivity index (χ2n) is 5.97. The van der Waals surface area contributed by atoms with Crippen molar-refractivity contribution in [2.24, 2.45) is 0 Å². The highest BCUT2D eigenvalue weighted by atomic mass is 35.5. The summed E-state index contributed by atoms with van der Waals surface area (Å²) in [4.78, 5) is 4.97. The van der Waals surface area contributed by atoms with Gasteiger partial charge in [-0.3, -0.25) is 4.90 Å². The Kier molecular flexibility index (Phi) is 12.4. The van der Waals surface area contributed by atoms with Crippen LogP contribution in [0.2, 0.25) is 0 Å². The van der Waals surface area contributed by atoms with Gasteiger partial charge >= 0.3 is 0 Å². The predicted molar refractivity (Wildman–Crippen MR) is 114 cm³/mol. The van der Waals surface area contributed by atoms with Gasteiger partial charge in [-0.25, -0.2) is 0 Å². The summed E-state index contributed by atoms with van der Waals surface area (Å²) in [6, 6.07) is 18.9. The van der Waals surface area contributed by atoms with Gasteiger partial charge < -0.3 is 10.6 Å². The largest absolute Gasteiger partial charge is 0.399 e. The van der Waals surface area contributed by atoms with E-state index in [1.807, 2.05) is 12.1 Å². The Bertz CT molecular complexity index is 574.